The molecule has 1 aliphatic rings. The number of hydrogen-bond acceptors (Lipinski definition) is 3. The Morgan fingerprint density at radius 1 is 1.56 bits per heavy atom. The molecule has 0 radical (unpaired) electrons. The van der Waals surface area contributed by atoms with Crippen molar-refractivity contribution in [1.82, 2.24) is 5.32 Å². The van der Waals surface area contributed by atoms with Crippen LogP contribution in [0.4, 0.5) is 0 Å². The number of phenolic OH excluding ortho intramolecular Hbond substituents is 1. The van der Waals surface area contributed by atoms with Gasteiger partial charge >= 0.3 is 0 Å². The Morgan fingerprint density at radius 3 is 2.72 bits per heavy atom. The van der Waals surface area contributed by atoms with Gasteiger partial charge in [0.2, 0.25) is 0 Å². The molecule has 0 saturated heterocycles. The smallest absolute Gasteiger partial charge is 0.255 e. The van der Waals surface area contributed by atoms with Crippen molar-refractivity contribution in [3.05, 3.63) is 23.8 Å². The number of aromatic hydroxyl groups is 1. The molecule has 0 atom stereocenters. The Kier molecular flexibility index (Phi) is 3.66. The summed E-state index contributed by atoms with van der Waals surface area (Å²) in [5, 5.41) is 12.7. The highest BCUT2D eigenvalue weighted by Gasteiger charge is 2.38. The van der Waals surface area contributed by atoms with Gasteiger partial charge in [-0.2, -0.15) is 0 Å². The first-order valence-corrected chi connectivity index (χ1v) is 6.39. The van der Waals surface area contributed by atoms with E-state index >= 15 is 0 Å². The van der Waals surface area contributed by atoms with Gasteiger partial charge in [0.15, 0.2) is 0 Å². The fourth-order valence-corrected chi connectivity index (χ4v) is 2.37. The molecule has 4 nitrogen and oxygen atoms in total. The summed E-state index contributed by atoms with van der Waals surface area (Å²) in [6, 6.07) is 4.61. The average molecular weight is 270 g/mol. The molecule has 0 heterocycles. The summed E-state index contributed by atoms with van der Waals surface area (Å²) in [5.74, 6) is 0.529. The number of ether oxygens (including phenoxy) is 1. The van der Waals surface area contributed by atoms with E-state index in [-0.39, 0.29) is 22.8 Å². The maximum absolute atomic E-state index is 12.1. The standard InChI is InChI=1S/C13H16ClNO3/c1-18-9-3-4-10(11(16)7-9)12(17)15-13(8-14)5-2-6-13/h3-4,7,16H,2,5-6,8H2,1H3,(H,15,17). The lowest BCUT2D eigenvalue weighted by Gasteiger charge is -2.41. The average Bonchev–Trinajstić information content (AvgIpc) is 2.33. The van der Waals surface area contributed by atoms with Gasteiger partial charge in [-0.15, -0.1) is 11.6 Å². The number of phenols is 1. The van der Waals surface area contributed by atoms with Crippen LogP contribution >= 0.6 is 11.6 Å². The van der Waals surface area contributed by atoms with Crippen LogP contribution in [0.25, 0.3) is 0 Å². The van der Waals surface area contributed by atoms with Gasteiger partial charge in [-0.1, -0.05) is 0 Å². The van der Waals surface area contributed by atoms with Crippen molar-refractivity contribution < 1.29 is 14.6 Å². The minimum atomic E-state index is -0.301. The molecule has 1 aliphatic carbocycles. The van der Waals surface area contributed by atoms with Crippen molar-refractivity contribution in [3.8, 4) is 11.5 Å². The Morgan fingerprint density at radius 2 is 2.28 bits per heavy atom. The molecule has 18 heavy (non-hydrogen) atoms. The molecule has 0 aliphatic heterocycles. The maximum atomic E-state index is 12.1. The van der Waals surface area contributed by atoms with Gasteiger partial charge in [0, 0.05) is 11.9 Å². The molecule has 2 N–H and O–H groups in total. The van der Waals surface area contributed by atoms with Crippen LogP contribution in [0.15, 0.2) is 18.2 Å². The summed E-state index contributed by atoms with van der Waals surface area (Å²) in [6.07, 6.45) is 2.85. The van der Waals surface area contributed by atoms with Gasteiger partial charge in [0.1, 0.15) is 11.5 Å². The highest BCUT2D eigenvalue weighted by Crippen LogP contribution is 2.34. The van der Waals surface area contributed by atoms with E-state index in [1.54, 1.807) is 12.1 Å². The first-order chi connectivity index (χ1) is 8.60. The number of benzene rings is 1. The number of carbonyl (C=O) groups is 1. The molecule has 0 aromatic heterocycles. The molecule has 1 aromatic rings. The third-order valence-electron chi connectivity index (χ3n) is 3.39. The van der Waals surface area contributed by atoms with E-state index in [1.165, 1.54) is 13.2 Å². The Hall–Kier alpha value is -1.42. The number of alkyl halides is 1. The zero-order valence-corrected chi connectivity index (χ0v) is 11.0. The van der Waals surface area contributed by atoms with Gasteiger partial charge < -0.3 is 15.2 Å². The van der Waals surface area contributed by atoms with E-state index in [0.717, 1.165) is 19.3 Å². The summed E-state index contributed by atoms with van der Waals surface area (Å²) in [5.41, 5.74) is -0.0578. The molecule has 1 saturated carbocycles. The lowest BCUT2D eigenvalue weighted by molar-refractivity contribution is 0.0851. The predicted octanol–water partition coefficient (Wildman–Crippen LogP) is 2.29. The van der Waals surface area contributed by atoms with E-state index in [4.69, 9.17) is 16.3 Å². The normalized spacial score (nSPS) is 16.8. The van der Waals surface area contributed by atoms with Gasteiger partial charge in [0.25, 0.3) is 5.91 Å². The molecular weight excluding hydrogens is 254 g/mol. The number of halogens is 1. The molecule has 1 fully saturated rings. The summed E-state index contributed by atoms with van der Waals surface area (Å²) in [7, 11) is 1.51. The van der Waals surface area contributed by atoms with Crippen LogP contribution in [-0.2, 0) is 0 Å². The molecule has 1 amide bonds. The molecule has 98 valence electrons. The van der Waals surface area contributed by atoms with Crippen LogP contribution in [0, 0.1) is 0 Å². The van der Waals surface area contributed by atoms with Crippen molar-refractivity contribution in [2.75, 3.05) is 13.0 Å². The van der Waals surface area contributed by atoms with E-state index in [1.807, 2.05) is 0 Å². The van der Waals surface area contributed by atoms with Crippen LogP contribution in [0.1, 0.15) is 29.6 Å². The highest BCUT2D eigenvalue weighted by molar-refractivity contribution is 6.19. The number of hydrogen-bond donors (Lipinski definition) is 2. The van der Waals surface area contributed by atoms with Crippen molar-refractivity contribution in [1.29, 1.82) is 0 Å². The first-order valence-electron chi connectivity index (χ1n) is 5.86. The van der Waals surface area contributed by atoms with Gasteiger partial charge in [-0.25, -0.2) is 0 Å². The second kappa shape index (κ2) is 5.06. The zero-order chi connectivity index (χ0) is 13.2. The molecule has 1 aromatic carbocycles. The minimum Gasteiger partial charge on any atom is -0.507 e. The van der Waals surface area contributed by atoms with Crippen LogP contribution in [0.3, 0.4) is 0 Å². The SMILES string of the molecule is COc1ccc(C(=O)NC2(CCl)CCC2)c(O)c1. The maximum Gasteiger partial charge on any atom is 0.255 e. The minimum absolute atomic E-state index is 0.0871. The second-order valence-corrected chi connectivity index (χ2v) is 4.87. The van der Waals surface area contributed by atoms with E-state index < -0.39 is 0 Å². The quantitative estimate of drug-likeness (QED) is 0.825. The van der Waals surface area contributed by atoms with Gasteiger partial charge in [-0.3, -0.25) is 4.79 Å². The largest absolute Gasteiger partial charge is 0.507 e. The van der Waals surface area contributed by atoms with Crippen LogP contribution in [0.2, 0.25) is 0 Å². The van der Waals surface area contributed by atoms with Gasteiger partial charge in [-0.05, 0) is 31.4 Å². The van der Waals surface area contributed by atoms with Crippen LogP contribution in [0.5, 0.6) is 11.5 Å². The fraction of sp³-hybridized carbons (Fsp3) is 0.462. The zero-order valence-electron chi connectivity index (χ0n) is 10.2. The fourth-order valence-electron chi connectivity index (χ4n) is 2.03. The molecule has 0 unspecified atom stereocenters. The van der Waals surface area contributed by atoms with Gasteiger partial charge in [0.05, 0.1) is 18.2 Å². The third-order valence-corrected chi connectivity index (χ3v) is 3.91. The predicted molar refractivity (Wildman–Crippen MR) is 69.4 cm³/mol. The lowest BCUT2D eigenvalue weighted by atomic mass is 9.78. The molecular formula is C13H16ClNO3. The number of carbonyl (C=O) groups excluding carboxylic acids is 1. The second-order valence-electron chi connectivity index (χ2n) is 4.60. The first kappa shape index (κ1) is 13.0. The van der Waals surface area contributed by atoms with E-state index in [2.05, 4.69) is 5.32 Å². The van der Waals surface area contributed by atoms with Crippen molar-refractivity contribution >= 4 is 17.5 Å². The number of nitrogens with one attached hydrogen (secondary N) is 1. The molecule has 0 bridgehead atoms. The van der Waals surface area contributed by atoms with Crippen molar-refractivity contribution in [2.45, 2.75) is 24.8 Å². The number of methoxy groups -OCH3 is 1. The van der Waals surface area contributed by atoms with Crippen LogP contribution in [-0.4, -0.2) is 29.5 Å². The number of amides is 1. The summed E-state index contributed by atoms with van der Waals surface area (Å²) in [4.78, 5) is 12.1. The summed E-state index contributed by atoms with van der Waals surface area (Å²) >= 11 is 5.88. The van der Waals surface area contributed by atoms with Crippen molar-refractivity contribution in [3.63, 3.8) is 0 Å². The molecule has 2 rings (SSSR count). The molecule has 0 spiro atoms. The van der Waals surface area contributed by atoms with E-state index in [9.17, 15) is 9.90 Å². The van der Waals surface area contributed by atoms with E-state index in [0.29, 0.717) is 11.6 Å². The van der Waals surface area contributed by atoms with Crippen molar-refractivity contribution in [2.24, 2.45) is 0 Å². The Labute approximate surface area is 111 Å². The number of rotatable bonds is 4. The monoisotopic (exact) mass is 269 g/mol. The molecule has 5 heteroatoms. The highest BCUT2D eigenvalue weighted by atomic mass is 35.5. The topological polar surface area (TPSA) is 58.6 Å². The van der Waals surface area contributed by atoms with Crippen LogP contribution < -0.4 is 10.1 Å². The summed E-state index contributed by atoms with van der Waals surface area (Å²) in [6.45, 7) is 0. The summed E-state index contributed by atoms with van der Waals surface area (Å²) < 4.78 is 4.97. The Bertz CT molecular complexity index is 452. The lowest BCUT2D eigenvalue weighted by Crippen LogP contribution is -2.55. The Balaban J connectivity index is 2.14. The third kappa shape index (κ3) is 2.38.